The predicted octanol–water partition coefficient (Wildman–Crippen LogP) is 3.41. The summed E-state index contributed by atoms with van der Waals surface area (Å²) in [7, 11) is 0. The molecule has 0 aliphatic carbocycles. The molecule has 0 fully saturated rings. The molecule has 0 saturated carbocycles. The molecule has 0 radical (unpaired) electrons. The molecule has 0 saturated heterocycles. The summed E-state index contributed by atoms with van der Waals surface area (Å²) in [6.45, 7) is 2.08. The summed E-state index contributed by atoms with van der Waals surface area (Å²) in [5, 5.41) is 2.83. The van der Waals surface area contributed by atoms with Gasteiger partial charge < -0.3 is 10.1 Å². The lowest BCUT2D eigenvalue weighted by molar-refractivity contribution is -0.145. The van der Waals surface area contributed by atoms with Gasteiger partial charge in [-0.2, -0.15) is 0 Å². The van der Waals surface area contributed by atoms with E-state index in [0.29, 0.717) is 18.6 Å². The largest absolute Gasteiger partial charge is 0.464 e. The fraction of sp³-hybridized carbons (Fsp3) is 0.474. The van der Waals surface area contributed by atoms with Crippen molar-refractivity contribution in [3.8, 4) is 0 Å². The van der Waals surface area contributed by atoms with Gasteiger partial charge in [-0.15, -0.1) is 0 Å². The Kier molecular flexibility index (Phi) is 6.85. The number of amides is 1. The monoisotopic (exact) mass is 315 g/mol. The van der Waals surface area contributed by atoms with Crippen LogP contribution in [0.15, 0.2) is 36.4 Å². The number of esters is 1. The topological polar surface area (TPSA) is 55.4 Å². The third-order valence-corrected chi connectivity index (χ3v) is 3.99. The molecule has 0 unspecified atom stereocenters. The second-order valence-electron chi connectivity index (χ2n) is 5.74. The van der Waals surface area contributed by atoms with Gasteiger partial charge in [0.15, 0.2) is 0 Å². The van der Waals surface area contributed by atoms with Crippen LogP contribution in [-0.2, 0) is 16.0 Å². The molecule has 0 aromatic heterocycles. The molecule has 1 aliphatic rings. The fourth-order valence-electron chi connectivity index (χ4n) is 2.76. The van der Waals surface area contributed by atoms with Crippen LogP contribution < -0.4 is 5.32 Å². The highest BCUT2D eigenvalue weighted by atomic mass is 16.5. The molecule has 1 aromatic carbocycles. The van der Waals surface area contributed by atoms with E-state index in [1.54, 1.807) is 6.92 Å². The van der Waals surface area contributed by atoms with Crippen LogP contribution in [0.4, 0.5) is 0 Å². The van der Waals surface area contributed by atoms with E-state index in [2.05, 4.69) is 11.4 Å². The van der Waals surface area contributed by atoms with Crippen molar-refractivity contribution in [3.05, 3.63) is 47.5 Å². The van der Waals surface area contributed by atoms with E-state index in [9.17, 15) is 9.59 Å². The Bertz CT molecular complexity index is 565. The van der Waals surface area contributed by atoms with Crippen LogP contribution in [0.2, 0.25) is 0 Å². The Morgan fingerprint density at radius 2 is 2.04 bits per heavy atom. The Hall–Kier alpha value is -2.10. The normalized spacial score (nSPS) is 19.5. The molecule has 1 amide bonds. The van der Waals surface area contributed by atoms with Crippen molar-refractivity contribution in [2.24, 2.45) is 0 Å². The molecule has 1 heterocycles. The maximum atomic E-state index is 12.6. The van der Waals surface area contributed by atoms with Crippen LogP contribution in [0.3, 0.4) is 0 Å². The number of carbonyl (C=O) groups excluding carboxylic acids is 2. The summed E-state index contributed by atoms with van der Waals surface area (Å²) < 4.78 is 5.08. The van der Waals surface area contributed by atoms with E-state index in [0.717, 1.165) is 37.7 Å². The SMILES string of the molecule is CCOC(=O)[C@@H]1CC=CCCCCCc2ccccc2C(=O)N1. The van der Waals surface area contributed by atoms with Gasteiger partial charge >= 0.3 is 5.97 Å². The van der Waals surface area contributed by atoms with Crippen LogP contribution >= 0.6 is 0 Å². The van der Waals surface area contributed by atoms with E-state index in [-0.39, 0.29) is 11.9 Å². The van der Waals surface area contributed by atoms with Crippen molar-refractivity contribution < 1.29 is 14.3 Å². The van der Waals surface area contributed by atoms with Crippen molar-refractivity contribution in [2.75, 3.05) is 6.61 Å². The molecular formula is C19H25NO3. The smallest absolute Gasteiger partial charge is 0.328 e. The maximum absolute atomic E-state index is 12.6. The van der Waals surface area contributed by atoms with Gasteiger partial charge in [0.05, 0.1) is 6.61 Å². The number of fused-ring (bicyclic) bond motifs is 1. The molecule has 1 N–H and O–H groups in total. The minimum atomic E-state index is -0.632. The standard InChI is InChI=1S/C19H25NO3/c1-2-23-19(22)17-14-8-6-4-3-5-7-11-15-12-9-10-13-16(15)18(21)20-17/h6,8-10,12-13,17H,2-5,7,11,14H2,1H3,(H,20,21)/t17-/m0/s1. The van der Waals surface area contributed by atoms with Crippen molar-refractivity contribution >= 4 is 11.9 Å². The highest BCUT2D eigenvalue weighted by molar-refractivity contribution is 5.98. The van der Waals surface area contributed by atoms with Crippen molar-refractivity contribution in [2.45, 2.75) is 51.5 Å². The number of nitrogens with one attached hydrogen (secondary N) is 1. The van der Waals surface area contributed by atoms with Crippen molar-refractivity contribution in [1.29, 1.82) is 0 Å². The minimum absolute atomic E-state index is 0.202. The zero-order valence-electron chi connectivity index (χ0n) is 13.7. The number of allylic oxidation sites excluding steroid dienone is 1. The number of aryl methyl sites for hydroxylation is 1. The average Bonchev–Trinajstić information content (AvgIpc) is 2.57. The molecule has 1 atom stereocenters. The molecule has 1 aromatic rings. The van der Waals surface area contributed by atoms with E-state index >= 15 is 0 Å². The quantitative estimate of drug-likeness (QED) is 0.672. The van der Waals surface area contributed by atoms with Gasteiger partial charge in [0.25, 0.3) is 5.91 Å². The molecule has 4 nitrogen and oxygen atoms in total. The van der Waals surface area contributed by atoms with Gasteiger partial charge in [-0.25, -0.2) is 4.79 Å². The highest BCUT2D eigenvalue weighted by Crippen LogP contribution is 2.15. The lowest BCUT2D eigenvalue weighted by atomic mass is 10.00. The second kappa shape index (κ2) is 9.13. The number of hydrogen-bond acceptors (Lipinski definition) is 3. The summed E-state index contributed by atoms with van der Waals surface area (Å²) in [4.78, 5) is 24.7. The van der Waals surface area contributed by atoms with E-state index in [1.165, 1.54) is 0 Å². The number of benzene rings is 1. The Labute approximate surface area is 137 Å². The first-order valence-corrected chi connectivity index (χ1v) is 8.42. The number of rotatable bonds is 2. The van der Waals surface area contributed by atoms with Crippen LogP contribution in [0.5, 0.6) is 0 Å². The molecule has 0 spiro atoms. The summed E-state index contributed by atoms with van der Waals surface area (Å²) in [5.41, 5.74) is 1.70. The van der Waals surface area contributed by atoms with Gasteiger partial charge in [-0.1, -0.05) is 36.8 Å². The first kappa shape index (κ1) is 17.3. The molecular weight excluding hydrogens is 290 g/mol. The minimum Gasteiger partial charge on any atom is -0.464 e. The lowest BCUT2D eigenvalue weighted by Crippen LogP contribution is -2.41. The summed E-state index contributed by atoms with van der Waals surface area (Å²) in [5.74, 6) is -0.579. The van der Waals surface area contributed by atoms with Gasteiger partial charge in [-0.3, -0.25) is 4.79 Å². The lowest BCUT2D eigenvalue weighted by Gasteiger charge is -2.17. The van der Waals surface area contributed by atoms with Crippen LogP contribution in [0.1, 0.15) is 54.9 Å². The van der Waals surface area contributed by atoms with Gasteiger partial charge in [-0.05, 0) is 50.7 Å². The summed E-state index contributed by atoms with van der Waals surface area (Å²) in [6.07, 6.45) is 9.75. The number of carbonyl (C=O) groups is 2. The molecule has 23 heavy (non-hydrogen) atoms. The first-order valence-electron chi connectivity index (χ1n) is 8.42. The van der Waals surface area contributed by atoms with Gasteiger partial charge in [0.2, 0.25) is 0 Å². The second-order valence-corrected chi connectivity index (χ2v) is 5.74. The zero-order chi connectivity index (χ0) is 16.5. The van der Waals surface area contributed by atoms with E-state index in [1.807, 2.05) is 30.3 Å². The summed E-state index contributed by atoms with van der Waals surface area (Å²) >= 11 is 0. The predicted molar refractivity (Wildman–Crippen MR) is 90.3 cm³/mol. The number of hydrogen-bond donors (Lipinski definition) is 1. The Balaban J connectivity index is 2.22. The fourth-order valence-corrected chi connectivity index (χ4v) is 2.76. The van der Waals surface area contributed by atoms with E-state index < -0.39 is 6.04 Å². The third kappa shape index (κ3) is 5.23. The molecule has 124 valence electrons. The van der Waals surface area contributed by atoms with Gasteiger partial charge in [0.1, 0.15) is 6.04 Å². The third-order valence-electron chi connectivity index (χ3n) is 3.99. The summed E-state index contributed by atoms with van der Waals surface area (Å²) in [6, 6.07) is 6.99. The van der Waals surface area contributed by atoms with Crippen molar-refractivity contribution in [3.63, 3.8) is 0 Å². The van der Waals surface area contributed by atoms with Crippen LogP contribution in [0.25, 0.3) is 0 Å². The van der Waals surface area contributed by atoms with Crippen LogP contribution in [-0.4, -0.2) is 24.5 Å². The maximum Gasteiger partial charge on any atom is 0.328 e. The number of ether oxygens (including phenoxy) is 1. The Morgan fingerprint density at radius 1 is 1.22 bits per heavy atom. The molecule has 0 bridgehead atoms. The average molecular weight is 315 g/mol. The highest BCUT2D eigenvalue weighted by Gasteiger charge is 2.22. The van der Waals surface area contributed by atoms with E-state index in [4.69, 9.17) is 4.74 Å². The Morgan fingerprint density at radius 3 is 2.87 bits per heavy atom. The molecule has 2 rings (SSSR count). The zero-order valence-corrected chi connectivity index (χ0v) is 13.7. The van der Waals surface area contributed by atoms with Crippen molar-refractivity contribution in [1.82, 2.24) is 5.32 Å². The van der Waals surface area contributed by atoms with Gasteiger partial charge in [0, 0.05) is 5.56 Å². The molecule has 1 aliphatic heterocycles. The van der Waals surface area contributed by atoms with Crippen LogP contribution in [0, 0.1) is 0 Å². The first-order chi connectivity index (χ1) is 11.2. The molecule has 4 heteroatoms.